The molecule has 1 unspecified atom stereocenters. The highest BCUT2D eigenvalue weighted by molar-refractivity contribution is 5.76. The predicted octanol–water partition coefficient (Wildman–Crippen LogP) is -0.323. The van der Waals surface area contributed by atoms with Gasteiger partial charge in [-0.25, -0.2) is 0 Å². The van der Waals surface area contributed by atoms with Crippen molar-refractivity contribution in [2.45, 2.75) is 19.3 Å². The summed E-state index contributed by atoms with van der Waals surface area (Å²) in [5.74, 6) is -0.667. The maximum Gasteiger partial charge on any atom is 0.231 e. The number of primary amides is 2. The molecule has 1 aromatic rings. The van der Waals surface area contributed by atoms with Crippen LogP contribution < -0.4 is 11.5 Å². The molecule has 0 spiro atoms. The summed E-state index contributed by atoms with van der Waals surface area (Å²) in [7, 11) is 0. The number of carbonyl (C=O) groups is 2. The van der Waals surface area contributed by atoms with E-state index in [9.17, 15) is 9.59 Å². The van der Waals surface area contributed by atoms with Crippen LogP contribution in [0.2, 0.25) is 0 Å². The fourth-order valence-corrected chi connectivity index (χ4v) is 2.99. The van der Waals surface area contributed by atoms with E-state index in [-0.39, 0.29) is 23.8 Å². The fourth-order valence-electron chi connectivity index (χ4n) is 2.99. The monoisotopic (exact) mass is 276 g/mol. The van der Waals surface area contributed by atoms with Gasteiger partial charge in [-0.2, -0.15) is 0 Å². The number of hydrogen-bond acceptors (Lipinski definition) is 4. The normalized spacial score (nSPS) is 22.8. The topological polar surface area (TPSA) is 102 Å². The molecule has 1 fully saturated rings. The van der Waals surface area contributed by atoms with Crippen molar-refractivity contribution in [1.29, 1.82) is 0 Å². The SMILES string of the molecule is NC(=O)CN1CCC(CC(N)=O)(Cc2ccccn2)C1. The first-order valence-electron chi connectivity index (χ1n) is 6.68. The molecule has 6 nitrogen and oxygen atoms in total. The number of hydrogen-bond donors (Lipinski definition) is 2. The minimum absolute atomic E-state index is 0.225. The molecule has 1 saturated heterocycles. The van der Waals surface area contributed by atoms with E-state index in [0.717, 1.165) is 18.7 Å². The van der Waals surface area contributed by atoms with E-state index in [1.807, 2.05) is 23.1 Å². The lowest BCUT2D eigenvalue weighted by atomic mass is 9.79. The van der Waals surface area contributed by atoms with Crippen LogP contribution in [-0.4, -0.2) is 41.3 Å². The molecular weight excluding hydrogens is 256 g/mol. The Bertz CT molecular complexity index is 491. The van der Waals surface area contributed by atoms with Crippen molar-refractivity contribution < 1.29 is 9.59 Å². The quantitative estimate of drug-likeness (QED) is 0.743. The number of nitrogens with zero attached hydrogens (tertiary/aromatic N) is 2. The van der Waals surface area contributed by atoms with Gasteiger partial charge < -0.3 is 11.5 Å². The molecule has 1 atom stereocenters. The zero-order chi connectivity index (χ0) is 14.6. The lowest BCUT2D eigenvalue weighted by Crippen LogP contribution is -2.37. The minimum atomic E-state index is -0.349. The number of pyridine rings is 1. The van der Waals surface area contributed by atoms with E-state index in [4.69, 9.17) is 11.5 Å². The fraction of sp³-hybridized carbons (Fsp3) is 0.500. The molecule has 0 saturated carbocycles. The number of carbonyl (C=O) groups excluding carboxylic acids is 2. The molecule has 1 aliphatic heterocycles. The van der Waals surface area contributed by atoms with Gasteiger partial charge in [0.15, 0.2) is 0 Å². The second-order valence-corrected chi connectivity index (χ2v) is 5.57. The number of rotatable bonds is 6. The van der Waals surface area contributed by atoms with E-state index < -0.39 is 0 Å². The minimum Gasteiger partial charge on any atom is -0.370 e. The van der Waals surface area contributed by atoms with Gasteiger partial charge in [0.25, 0.3) is 0 Å². The highest BCUT2D eigenvalue weighted by Gasteiger charge is 2.40. The van der Waals surface area contributed by atoms with Crippen molar-refractivity contribution in [2.24, 2.45) is 16.9 Å². The zero-order valence-corrected chi connectivity index (χ0v) is 11.4. The van der Waals surface area contributed by atoms with Crippen LogP contribution in [0.1, 0.15) is 18.5 Å². The van der Waals surface area contributed by atoms with Gasteiger partial charge in [-0.3, -0.25) is 19.5 Å². The molecule has 2 heterocycles. The Morgan fingerprint density at radius 1 is 1.30 bits per heavy atom. The molecule has 1 aliphatic rings. The Morgan fingerprint density at radius 2 is 2.10 bits per heavy atom. The highest BCUT2D eigenvalue weighted by atomic mass is 16.1. The maximum absolute atomic E-state index is 11.4. The number of likely N-dealkylation sites (tertiary alicyclic amines) is 1. The summed E-state index contributed by atoms with van der Waals surface area (Å²) in [5.41, 5.74) is 11.3. The van der Waals surface area contributed by atoms with Crippen LogP contribution in [0.3, 0.4) is 0 Å². The predicted molar refractivity (Wildman–Crippen MR) is 74.4 cm³/mol. The van der Waals surface area contributed by atoms with Gasteiger partial charge in [0.2, 0.25) is 11.8 Å². The van der Waals surface area contributed by atoms with E-state index >= 15 is 0 Å². The van der Waals surface area contributed by atoms with E-state index in [0.29, 0.717) is 19.4 Å². The van der Waals surface area contributed by atoms with Crippen molar-refractivity contribution >= 4 is 11.8 Å². The smallest absolute Gasteiger partial charge is 0.231 e. The molecule has 2 amide bonds. The molecule has 0 radical (unpaired) electrons. The third-order valence-corrected chi connectivity index (χ3v) is 3.73. The van der Waals surface area contributed by atoms with E-state index in [1.165, 1.54) is 0 Å². The Morgan fingerprint density at radius 3 is 2.70 bits per heavy atom. The lowest BCUT2D eigenvalue weighted by molar-refractivity contribution is -0.120. The zero-order valence-electron chi connectivity index (χ0n) is 11.4. The molecule has 0 aromatic carbocycles. The van der Waals surface area contributed by atoms with Crippen LogP contribution in [0, 0.1) is 5.41 Å². The van der Waals surface area contributed by atoms with Crippen LogP contribution in [0.4, 0.5) is 0 Å². The summed E-state index contributed by atoms with van der Waals surface area (Å²) in [6.45, 7) is 1.63. The number of aromatic nitrogens is 1. The number of amides is 2. The van der Waals surface area contributed by atoms with Gasteiger partial charge in [-0.05, 0) is 36.9 Å². The standard InChI is InChI=1S/C14H20N4O2/c15-12(19)8-14(7-11-3-1-2-5-17-11)4-6-18(10-14)9-13(16)20/h1-3,5H,4,6-10H2,(H2,15,19)(H2,16,20). The van der Waals surface area contributed by atoms with Crippen LogP contribution >= 0.6 is 0 Å². The summed E-state index contributed by atoms with van der Waals surface area (Å²) < 4.78 is 0. The average Bonchev–Trinajstić information content (AvgIpc) is 2.71. The second-order valence-electron chi connectivity index (χ2n) is 5.57. The molecular formula is C14H20N4O2. The Labute approximate surface area is 118 Å². The molecule has 4 N–H and O–H groups in total. The Balaban J connectivity index is 2.11. The summed E-state index contributed by atoms with van der Waals surface area (Å²) >= 11 is 0. The molecule has 0 aliphatic carbocycles. The van der Waals surface area contributed by atoms with E-state index in [2.05, 4.69) is 4.98 Å². The number of nitrogens with two attached hydrogens (primary N) is 2. The lowest BCUT2D eigenvalue weighted by Gasteiger charge is -2.27. The summed E-state index contributed by atoms with van der Waals surface area (Å²) in [6, 6.07) is 5.73. The highest BCUT2D eigenvalue weighted by Crippen LogP contribution is 2.36. The van der Waals surface area contributed by atoms with Gasteiger partial charge in [-0.1, -0.05) is 6.07 Å². The van der Waals surface area contributed by atoms with Gasteiger partial charge in [0.05, 0.1) is 6.54 Å². The van der Waals surface area contributed by atoms with Gasteiger partial charge in [0.1, 0.15) is 0 Å². The van der Waals surface area contributed by atoms with Crippen LogP contribution in [-0.2, 0) is 16.0 Å². The van der Waals surface area contributed by atoms with Crippen molar-refractivity contribution in [1.82, 2.24) is 9.88 Å². The summed E-state index contributed by atoms with van der Waals surface area (Å²) in [4.78, 5) is 28.7. The molecule has 6 heteroatoms. The largest absolute Gasteiger partial charge is 0.370 e. The summed E-state index contributed by atoms with van der Waals surface area (Å²) in [5, 5.41) is 0. The van der Waals surface area contributed by atoms with Crippen LogP contribution in [0.15, 0.2) is 24.4 Å². The molecule has 1 aromatic heterocycles. The Kier molecular flexibility index (Phi) is 4.34. The first-order valence-corrected chi connectivity index (χ1v) is 6.68. The van der Waals surface area contributed by atoms with Crippen molar-refractivity contribution in [2.75, 3.05) is 19.6 Å². The van der Waals surface area contributed by atoms with Crippen molar-refractivity contribution in [3.63, 3.8) is 0 Å². The third kappa shape index (κ3) is 3.77. The molecule has 108 valence electrons. The molecule has 0 bridgehead atoms. The maximum atomic E-state index is 11.4. The first-order chi connectivity index (χ1) is 9.49. The van der Waals surface area contributed by atoms with Gasteiger partial charge >= 0.3 is 0 Å². The molecule has 2 rings (SSSR count). The van der Waals surface area contributed by atoms with Gasteiger partial charge in [0, 0.05) is 24.9 Å². The van der Waals surface area contributed by atoms with Crippen LogP contribution in [0.5, 0.6) is 0 Å². The van der Waals surface area contributed by atoms with Crippen LogP contribution in [0.25, 0.3) is 0 Å². The summed E-state index contributed by atoms with van der Waals surface area (Å²) in [6.07, 6.45) is 3.55. The third-order valence-electron chi connectivity index (χ3n) is 3.73. The van der Waals surface area contributed by atoms with Crippen molar-refractivity contribution in [3.05, 3.63) is 30.1 Å². The van der Waals surface area contributed by atoms with Crippen molar-refractivity contribution in [3.8, 4) is 0 Å². The average molecular weight is 276 g/mol. The molecule has 20 heavy (non-hydrogen) atoms. The van der Waals surface area contributed by atoms with E-state index in [1.54, 1.807) is 6.20 Å². The first kappa shape index (κ1) is 14.5. The Hall–Kier alpha value is -1.95. The second kappa shape index (κ2) is 6.00. The van der Waals surface area contributed by atoms with Gasteiger partial charge in [-0.15, -0.1) is 0 Å².